The lowest BCUT2D eigenvalue weighted by Gasteiger charge is -2.15. The van der Waals surface area contributed by atoms with E-state index < -0.39 is 0 Å². The molecule has 1 aliphatic heterocycles. The number of nitrogens with one attached hydrogen (secondary N) is 1. The highest BCUT2D eigenvalue weighted by molar-refractivity contribution is 5.97. The van der Waals surface area contributed by atoms with Gasteiger partial charge in [-0.05, 0) is 25.0 Å². The molecule has 4 heteroatoms. The van der Waals surface area contributed by atoms with E-state index in [1.54, 1.807) is 0 Å². The van der Waals surface area contributed by atoms with E-state index in [2.05, 4.69) is 5.32 Å². The minimum absolute atomic E-state index is 0.0438. The van der Waals surface area contributed by atoms with Crippen molar-refractivity contribution in [1.29, 1.82) is 0 Å². The number of rotatable bonds is 3. The van der Waals surface area contributed by atoms with Gasteiger partial charge in [0.05, 0.1) is 5.92 Å². The highest BCUT2D eigenvalue weighted by Crippen LogP contribution is 2.32. The maximum absolute atomic E-state index is 12.1. The van der Waals surface area contributed by atoms with E-state index in [-0.39, 0.29) is 17.7 Å². The summed E-state index contributed by atoms with van der Waals surface area (Å²) >= 11 is 0. The minimum atomic E-state index is -0.196. The van der Waals surface area contributed by atoms with Crippen LogP contribution in [0.15, 0.2) is 30.3 Å². The highest BCUT2D eigenvalue weighted by atomic mass is 16.2. The summed E-state index contributed by atoms with van der Waals surface area (Å²) < 4.78 is 0. The van der Waals surface area contributed by atoms with Crippen LogP contribution in [0.3, 0.4) is 0 Å². The first kappa shape index (κ1) is 11.3. The number of amides is 2. The van der Waals surface area contributed by atoms with Crippen LogP contribution in [0.25, 0.3) is 0 Å². The molecule has 1 heterocycles. The lowest BCUT2D eigenvalue weighted by Crippen LogP contribution is -2.29. The first-order valence-corrected chi connectivity index (χ1v) is 6.39. The molecular weight excluding hydrogens is 228 g/mol. The molecule has 0 spiro atoms. The van der Waals surface area contributed by atoms with Crippen LogP contribution < -0.4 is 5.32 Å². The second-order valence-corrected chi connectivity index (χ2v) is 5.03. The second kappa shape index (κ2) is 4.44. The lowest BCUT2D eigenvalue weighted by atomic mass is 10.1. The molecule has 2 fully saturated rings. The minimum Gasteiger partial charge on any atom is -0.339 e. The monoisotopic (exact) mass is 244 g/mol. The average Bonchev–Trinajstić information content (AvgIpc) is 3.14. The molecule has 2 amide bonds. The van der Waals surface area contributed by atoms with Crippen molar-refractivity contribution in [3.63, 3.8) is 0 Å². The number of hydrogen-bond donors (Lipinski definition) is 1. The van der Waals surface area contributed by atoms with Crippen molar-refractivity contribution in [2.75, 3.05) is 11.9 Å². The van der Waals surface area contributed by atoms with Crippen molar-refractivity contribution in [2.45, 2.75) is 25.3 Å². The maximum atomic E-state index is 12.1. The normalized spacial score (nSPS) is 23.2. The van der Waals surface area contributed by atoms with Crippen LogP contribution in [-0.2, 0) is 9.59 Å². The number of carbonyl (C=O) groups is 2. The zero-order valence-corrected chi connectivity index (χ0v) is 10.1. The van der Waals surface area contributed by atoms with E-state index in [4.69, 9.17) is 0 Å². The molecule has 0 radical (unpaired) electrons. The van der Waals surface area contributed by atoms with Gasteiger partial charge in [-0.3, -0.25) is 9.59 Å². The van der Waals surface area contributed by atoms with Gasteiger partial charge in [0, 0.05) is 24.7 Å². The van der Waals surface area contributed by atoms with E-state index in [9.17, 15) is 9.59 Å². The van der Waals surface area contributed by atoms with Gasteiger partial charge in [-0.2, -0.15) is 0 Å². The topological polar surface area (TPSA) is 49.4 Å². The molecule has 3 rings (SSSR count). The van der Waals surface area contributed by atoms with Gasteiger partial charge in [-0.25, -0.2) is 0 Å². The van der Waals surface area contributed by atoms with Crippen LogP contribution in [0.4, 0.5) is 5.69 Å². The molecule has 0 aromatic heterocycles. The summed E-state index contributed by atoms with van der Waals surface area (Å²) in [6, 6.07) is 9.79. The summed E-state index contributed by atoms with van der Waals surface area (Å²) in [6.45, 7) is 0.585. The number of benzene rings is 1. The Bertz CT molecular complexity index is 468. The average molecular weight is 244 g/mol. The largest absolute Gasteiger partial charge is 0.339 e. The third kappa shape index (κ3) is 2.23. The number of nitrogens with zero attached hydrogens (tertiary/aromatic N) is 1. The quantitative estimate of drug-likeness (QED) is 0.878. The molecule has 18 heavy (non-hydrogen) atoms. The fraction of sp³-hybridized carbons (Fsp3) is 0.429. The van der Waals surface area contributed by atoms with Crippen LogP contribution in [0.5, 0.6) is 0 Å². The Morgan fingerprint density at radius 1 is 1.22 bits per heavy atom. The SMILES string of the molecule is O=C(Nc1ccccc1)[C@H]1CC(=O)N(C2CC2)C1. The number of para-hydroxylation sites is 1. The van der Waals surface area contributed by atoms with Gasteiger partial charge in [-0.15, -0.1) is 0 Å². The third-order valence-electron chi connectivity index (χ3n) is 3.56. The molecule has 1 saturated carbocycles. The van der Waals surface area contributed by atoms with Gasteiger partial charge in [0.1, 0.15) is 0 Å². The smallest absolute Gasteiger partial charge is 0.229 e. The Morgan fingerprint density at radius 2 is 1.94 bits per heavy atom. The molecule has 1 atom stereocenters. The Morgan fingerprint density at radius 3 is 2.61 bits per heavy atom. The van der Waals surface area contributed by atoms with Crippen molar-refractivity contribution >= 4 is 17.5 Å². The molecule has 2 aliphatic rings. The van der Waals surface area contributed by atoms with Crippen molar-refractivity contribution < 1.29 is 9.59 Å². The zero-order chi connectivity index (χ0) is 12.5. The fourth-order valence-electron chi connectivity index (χ4n) is 2.41. The standard InChI is InChI=1S/C14H16N2O2/c17-13-8-10(9-16(13)12-6-7-12)14(18)15-11-4-2-1-3-5-11/h1-5,10,12H,6-9H2,(H,15,18)/t10-/m0/s1. The van der Waals surface area contributed by atoms with Crippen molar-refractivity contribution in [3.8, 4) is 0 Å². The number of anilines is 1. The lowest BCUT2D eigenvalue weighted by molar-refractivity contribution is -0.128. The zero-order valence-electron chi connectivity index (χ0n) is 10.1. The second-order valence-electron chi connectivity index (χ2n) is 5.03. The first-order chi connectivity index (χ1) is 8.74. The Balaban J connectivity index is 1.62. The van der Waals surface area contributed by atoms with E-state index in [0.717, 1.165) is 18.5 Å². The summed E-state index contributed by atoms with van der Waals surface area (Å²) in [5.74, 6) is -0.110. The molecule has 94 valence electrons. The van der Waals surface area contributed by atoms with Crippen LogP contribution >= 0.6 is 0 Å². The van der Waals surface area contributed by atoms with Gasteiger partial charge in [0.15, 0.2) is 0 Å². The Hall–Kier alpha value is -1.84. The van der Waals surface area contributed by atoms with E-state index in [1.165, 1.54) is 0 Å². The Kier molecular flexibility index (Phi) is 2.78. The predicted molar refractivity (Wildman–Crippen MR) is 67.9 cm³/mol. The summed E-state index contributed by atoms with van der Waals surface area (Å²) in [7, 11) is 0. The molecule has 1 saturated heterocycles. The van der Waals surface area contributed by atoms with Crippen LogP contribution in [0.1, 0.15) is 19.3 Å². The van der Waals surface area contributed by atoms with Crippen LogP contribution in [-0.4, -0.2) is 29.3 Å². The molecule has 0 bridgehead atoms. The summed E-state index contributed by atoms with van der Waals surface area (Å²) in [5.41, 5.74) is 0.792. The summed E-state index contributed by atoms with van der Waals surface area (Å²) in [6.07, 6.45) is 2.55. The predicted octanol–water partition coefficient (Wildman–Crippen LogP) is 1.64. The molecule has 1 aromatic carbocycles. The first-order valence-electron chi connectivity index (χ1n) is 6.39. The maximum Gasteiger partial charge on any atom is 0.229 e. The van der Waals surface area contributed by atoms with E-state index in [0.29, 0.717) is 19.0 Å². The van der Waals surface area contributed by atoms with Crippen LogP contribution in [0, 0.1) is 5.92 Å². The van der Waals surface area contributed by atoms with E-state index >= 15 is 0 Å². The fourth-order valence-corrected chi connectivity index (χ4v) is 2.41. The molecule has 1 aromatic rings. The molecule has 1 N–H and O–H groups in total. The van der Waals surface area contributed by atoms with Crippen molar-refractivity contribution in [2.24, 2.45) is 5.92 Å². The van der Waals surface area contributed by atoms with Gasteiger partial charge in [-0.1, -0.05) is 18.2 Å². The van der Waals surface area contributed by atoms with Gasteiger partial charge >= 0.3 is 0 Å². The number of hydrogen-bond acceptors (Lipinski definition) is 2. The van der Waals surface area contributed by atoms with Gasteiger partial charge < -0.3 is 10.2 Å². The molecule has 0 unspecified atom stereocenters. The number of carbonyl (C=O) groups excluding carboxylic acids is 2. The van der Waals surface area contributed by atoms with Crippen molar-refractivity contribution in [3.05, 3.63) is 30.3 Å². The van der Waals surface area contributed by atoms with Crippen molar-refractivity contribution in [1.82, 2.24) is 4.90 Å². The molecule has 1 aliphatic carbocycles. The molecular formula is C14H16N2O2. The third-order valence-corrected chi connectivity index (χ3v) is 3.56. The summed E-state index contributed by atoms with van der Waals surface area (Å²) in [4.78, 5) is 25.7. The van der Waals surface area contributed by atoms with Gasteiger partial charge in [0.2, 0.25) is 11.8 Å². The summed E-state index contributed by atoms with van der Waals surface area (Å²) in [5, 5.41) is 2.87. The van der Waals surface area contributed by atoms with Gasteiger partial charge in [0.25, 0.3) is 0 Å². The Labute approximate surface area is 106 Å². The van der Waals surface area contributed by atoms with E-state index in [1.807, 2.05) is 35.2 Å². The molecule has 4 nitrogen and oxygen atoms in total. The van der Waals surface area contributed by atoms with Crippen LogP contribution in [0.2, 0.25) is 0 Å². The highest BCUT2D eigenvalue weighted by Gasteiger charge is 2.41. The number of likely N-dealkylation sites (tertiary alicyclic amines) is 1.